The van der Waals surface area contributed by atoms with Crippen LogP contribution >= 0.6 is 23.2 Å². The molecule has 0 fully saturated rings. The zero-order valence-electron chi connectivity index (χ0n) is 26.1. The summed E-state index contributed by atoms with van der Waals surface area (Å²) in [5.41, 5.74) is 11.3. The van der Waals surface area contributed by atoms with Gasteiger partial charge in [-0.1, -0.05) is 0 Å². The van der Waals surface area contributed by atoms with E-state index in [4.69, 9.17) is 23.2 Å². The van der Waals surface area contributed by atoms with Crippen LogP contribution in [0.5, 0.6) is 0 Å². The van der Waals surface area contributed by atoms with Gasteiger partial charge in [-0.05, 0) is 0 Å². The zero-order valence-corrected chi connectivity index (χ0v) is 31.6. The van der Waals surface area contributed by atoms with Crippen LogP contribution in [0.25, 0.3) is 11.1 Å². The molecule has 2 aliphatic rings. The van der Waals surface area contributed by atoms with E-state index in [1.165, 1.54) is 47.7 Å². The summed E-state index contributed by atoms with van der Waals surface area (Å²) in [4.78, 5) is 0. The first-order valence-electron chi connectivity index (χ1n) is 14.8. The predicted octanol–water partition coefficient (Wildman–Crippen LogP) is 5.40. The van der Waals surface area contributed by atoms with E-state index in [0.29, 0.717) is 3.63 Å². The van der Waals surface area contributed by atoms with Crippen molar-refractivity contribution in [3.8, 4) is 11.1 Å². The Balaban J connectivity index is 0.00000221. The van der Waals surface area contributed by atoms with Gasteiger partial charge in [-0.25, -0.2) is 0 Å². The number of rotatable bonds is 4. The molecule has 0 bridgehead atoms. The summed E-state index contributed by atoms with van der Waals surface area (Å²) in [6.07, 6.45) is 8.06. The Morgan fingerprint density at radius 1 is 0.636 bits per heavy atom. The second-order valence-electron chi connectivity index (χ2n) is 13.7. The van der Waals surface area contributed by atoms with Crippen LogP contribution in [-0.2, 0) is 32.1 Å². The molecule has 4 aromatic rings. The minimum atomic E-state index is -2.79. The SMILES string of the molecule is CC(C)(C)c1ccc2c(c1)[CH]([Zr+2]([C]1=CC=CC1)=[C](c1ccc(Cl)cc1)c1ccc(Cl)cc1)c1cc(C(C)(C)C)ccc1-2.[Cl-].[Cl-]. The minimum Gasteiger partial charge on any atom is -1.00 e. The Morgan fingerprint density at radius 2 is 1.07 bits per heavy atom. The van der Waals surface area contributed by atoms with E-state index in [-0.39, 0.29) is 35.6 Å². The molecule has 0 amide bonds. The first-order chi connectivity index (χ1) is 19.9. The average molecular weight is 740 g/mol. The van der Waals surface area contributed by atoms with Gasteiger partial charge in [0.15, 0.2) is 0 Å². The maximum Gasteiger partial charge on any atom is -1.00 e. The van der Waals surface area contributed by atoms with Crippen molar-refractivity contribution in [2.24, 2.45) is 0 Å². The van der Waals surface area contributed by atoms with Gasteiger partial charge in [-0.2, -0.15) is 0 Å². The number of hydrogen-bond donors (Lipinski definition) is 0. The average Bonchev–Trinajstić information content (AvgIpc) is 3.58. The second-order valence-corrected chi connectivity index (χ2v) is 20.8. The summed E-state index contributed by atoms with van der Waals surface area (Å²) >= 11 is 10.1. The van der Waals surface area contributed by atoms with Crippen molar-refractivity contribution in [1.29, 1.82) is 0 Å². The van der Waals surface area contributed by atoms with Crippen LogP contribution in [0.1, 0.15) is 85.0 Å². The fourth-order valence-corrected chi connectivity index (χ4v) is 15.6. The van der Waals surface area contributed by atoms with Crippen LogP contribution < -0.4 is 24.8 Å². The molecule has 0 heterocycles. The van der Waals surface area contributed by atoms with Crippen LogP contribution in [0.3, 0.4) is 0 Å². The fraction of sp³-hybridized carbons (Fsp3) is 0.256. The number of halogens is 4. The van der Waals surface area contributed by atoms with Gasteiger partial charge in [-0.3, -0.25) is 0 Å². The molecule has 0 N–H and O–H groups in total. The summed E-state index contributed by atoms with van der Waals surface area (Å²) in [7, 11) is 0. The number of fused-ring (bicyclic) bond motifs is 3. The van der Waals surface area contributed by atoms with E-state index >= 15 is 0 Å². The summed E-state index contributed by atoms with van der Waals surface area (Å²) in [6, 6.07) is 31.7. The van der Waals surface area contributed by atoms with Gasteiger partial charge in [0.1, 0.15) is 0 Å². The Hall–Kier alpha value is -1.73. The van der Waals surface area contributed by atoms with Gasteiger partial charge in [0.2, 0.25) is 0 Å². The first kappa shape index (κ1) is 35.1. The van der Waals surface area contributed by atoms with Crippen molar-refractivity contribution in [3.63, 3.8) is 0 Å². The van der Waals surface area contributed by atoms with Gasteiger partial charge < -0.3 is 24.8 Å². The number of hydrogen-bond acceptors (Lipinski definition) is 0. The van der Waals surface area contributed by atoms with E-state index in [1.54, 1.807) is 3.28 Å². The van der Waals surface area contributed by atoms with Gasteiger partial charge >= 0.3 is 271 Å². The second kappa shape index (κ2) is 13.6. The van der Waals surface area contributed by atoms with Crippen LogP contribution in [0, 0.1) is 0 Å². The zero-order chi connectivity index (χ0) is 29.8. The Labute approximate surface area is 293 Å². The molecule has 5 heteroatoms. The summed E-state index contributed by atoms with van der Waals surface area (Å²) in [5, 5.41) is 1.53. The molecule has 0 aromatic heterocycles. The topological polar surface area (TPSA) is 0 Å². The van der Waals surface area contributed by atoms with Crippen molar-refractivity contribution in [2.45, 2.75) is 62.4 Å². The van der Waals surface area contributed by atoms with Crippen molar-refractivity contribution < 1.29 is 46.1 Å². The normalized spacial score (nSPS) is 13.7. The van der Waals surface area contributed by atoms with E-state index in [1.807, 2.05) is 24.3 Å². The number of allylic oxidation sites excluding steroid dienone is 4. The van der Waals surface area contributed by atoms with Crippen LogP contribution in [0.4, 0.5) is 0 Å². The van der Waals surface area contributed by atoms with Crippen LogP contribution in [-0.4, -0.2) is 3.21 Å². The molecule has 2 aliphatic carbocycles. The van der Waals surface area contributed by atoms with Gasteiger partial charge in [0.25, 0.3) is 0 Å². The molecule has 0 nitrogen and oxygen atoms in total. The molecule has 44 heavy (non-hydrogen) atoms. The predicted molar refractivity (Wildman–Crippen MR) is 179 cm³/mol. The molecule has 0 atom stereocenters. The van der Waals surface area contributed by atoms with Crippen molar-refractivity contribution in [3.05, 3.63) is 150 Å². The summed E-state index contributed by atoms with van der Waals surface area (Å²) < 4.78 is 3.49. The summed E-state index contributed by atoms with van der Waals surface area (Å²) in [5.74, 6) is 0. The monoisotopic (exact) mass is 736 g/mol. The first-order valence-corrected chi connectivity index (χ1v) is 19.5. The largest absolute Gasteiger partial charge is 1.00 e. The van der Waals surface area contributed by atoms with E-state index < -0.39 is 21.3 Å². The van der Waals surface area contributed by atoms with E-state index in [9.17, 15) is 0 Å². The minimum absolute atomic E-state index is 0. The third-order valence-electron chi connectivity index (χ3n) is 8.69. The molecule has 0 aliphatic heterocycles. The molecule has 0 spiro atoms. The van der Waals surface area contributed by atoms with Gasteiger partial charge in [0.05, 0.1) is 0 Å². The number of benzene rings is 4. The molecule has 6 rings (SSSR count). The Kier molecular flexibility index (Phi) is 10.8. The standard InChI is InChI=1S/C21H25.C13H8Cl2.C5H5.2ClH.Zr/c1-20(2,3)16-7-9-18-14(12-16)11-15-13-17(21(4,5)6)8-10-19(15)18;14-12-5-1-10(2-6-12)9-11-3-7-13(15)8-4-11;1-2-4-5-3-1;;;/h7-13H,1-6H3;1-8H;1-3H,4H2;2*1H;/q;;;;;+2/p-2. The molecule has 0 radical (unpaired) electrons. The maximum absolute atomic E-state index is 6.44. The van der Waals surface area contributed by atoms with Gasteiger partial charge in [-0.15, -0.1) is 0 Å². The van der Waals surface area contributed by atoms with E-state index in [0.717, 1.165) is 16.5 Å². The van der Waals surface area contributed by atoms with Crippen LogP contribution in [0.15, 0.2) is 106 Å². The van der Waals surface area contributed by atoms with Gasteiger partial charge in [0, 0.05) is 0 Å². The molecular formula is C39H38Cl4Zr. The van der Waals surface area contributed by atoms with Crippen molar-refractivity contribution >= 4 is 26.4 Å². The van der Waals surface area contributed by atoms with Crippen molar-refractivity contribution in [2.75, 3.05) is 0 Å². The third kappa shape index (κ3) is 6.84. The maximum atomic E-state index is 6.44. The fourth-order valence-electron chi connectivity index (χ4n) is 6.35. The third-order valence-corrected chi connectivity index (χ3v) is 17.5. The molecule has 0 unspecified atom stereocenters. The molecular weight excluding hydrogens is 701 g/mol. The molecule has 0 saturated heterocycles. The smallest absolute Gasteiger partial charge is 1.00 e. The Morgan fingerprint density at radius 3 is 1.43 bits per heavy atom. The Bertz CT molecular complexity index is 1650. The van der Waals surface area contributed by atoms with Crippen LogP contribution in [0.2, 0.25) is 10.0 Å². The molecule has 0 saturated carbocycles. The van der Waals surface area contributed by atoms with Crippen molar-refractivity contribution in [1.82, 2.24) is 0 Å². The molecule has 4 aromatic carbocycles. The molecule has 226 valence electrons. The summed E-state index contributed by atoms with van der Waals surface area (Å²) in [6.45, 7) is 13.9. The van der Waals surface area contributed by atoms with E-state index in [2.05, 4.69) is 120 Å². The quantitative estimate of drug-likeness (QED) is 0.264.